The number of ether oxygens (including phenoxy) is 2. The topological polar surface area (TPSA) is 52.6 Å². The average molecular weight is 158 g/mol. The monoisotopic (exact) mass is 158 g/mol. The highest BCUT2D eigenvalue weighted by molar-refractivity contribution is 5.78. The molecule has 0 fully saturated rings. The van der Waals surface area contributed by atoms with E-state index in [9.17, 15) is 9.59 Å². The van der Waals surface area contributed by atoms with Crippen molar-refractivity contribution < 1.29 is 19.1 Å². The third kappa shape index (κ3) is 6.57. The van der Waals surface area contributed by atoms with Crippen molar-refractivity contribution >= 4 is 11.9 Å². The lowest BCUT2D eigenvalue weighted by atomic mass is 10.5. The number of rotatable bonds is 3. The van der Waals surface area contributed by atoms with Gasteiger partial charge in [-0.05, 0) is 13.8 Å². The highest BCUT2D eigenvalue weighted by atomic mass is 16.7. The van der Waals surface area contributed by atoms with Crippen molar-refractivity contribution in [3.05, 3.63) is 12.3 Å². The van der Waals surface area contributed by atoms with Crippen LogP contribution in [0.3, 0.4) is 0 Å². The summed E-state index contributed by atoms with van der Waals surface area (Å²) in [7, 11) is 0. The Kier molecular flexibility index (Phi) is 4.81. The van der Waals surface area contributed by atoms with Crippen molar-refractivity contribution in [3.63, 3.8) is 0 Å². The molecule has 0 aromatic heterocycles. The van der Waals surface area contributed by atoms with Crippen LogP contribution in [0.4, 0.5) is 4.79 Å². The van der Waals surface area contributed by atoms with Gasteiger partial charge in [-0.2, -0.15) is 0 Å². The van der Waals surface area contributed by atoms with Crippen LogP contribution in [0.1, 0.15) is 13.8 Å². The summed E-state index contributed by atoms with van der Waals surface area (Å²) in [5, 5.41) is 0. The Balaban J connectivity index is 3.45. The molecule has 0 aliphatic carbocycles. The fourth-order valence-corrected chi connectivity index (χ4v) is 0.318. The second-order valence-corrected chi connectivity index (χ2v) is 1.83. The van der Waals surface area contributed by atoms with E-state index in [2.05, 4.69) is 9.47 Å². The van der Waals surface area contributed by atoms with E-state index in [1.165, 1.54) is 19.3 Å². The standard InChI is InChI=1S/C7H10O4/c1-3-4-10-7(9)11-5-6(2)8/h3-4H,5H2,1-2H3. The van der Waals surface area contributed by atoms with Gasteiger partial charge in [-0.3, -0.25) is 4.79 Å². The molecule has 0 aliphatic heterocycles. The molecule has 0 unspecified atom stereocenters. The summed E-state index contributed by atoms with van der Waals surface area (Å²) < 4.78 is 8.69. The average Bonchev–Trinajstić information content (AvgIpc) is 1.97. The van der Waals surface area contributed by atoms with E-state index in [1.54, 1.807) is 6.92 Å². The first-order chi connectivity index (χ1) is 5.16. The molecule has 0 bridgehead atoms. The van der Waals surface area contributed by atoms with Gasteiger partial charge in [0.05, 0.1) is 6.26 Å². The summed E-state index contributed by atoms with van der Waals surface area (Å²) in [5.41, 5.74) is 0. The molecule has 0 rings (SSSR count). The Labute approximate surface area is 64.8 Å². The minimum atomic E-state index is -0.863. The Morgan fingerprint density at radius 2 is 2.09 bits per heavy atom. The summed E-state index contributed by atoms with van der Waals surface area (Å²) >= 11 is 0. The summed E-state index contributed by atoms with van der Waals surface area (Å²) in [6, 6.07) is 0. The van der Waals surface area contributed by atoms with Crippen LogP contribution < -0.4 is 0 Å². The van der Waals surface area contributed by atoms with Crippen molar-refractivity contribution in [2.45, 2.75) is 13.8 Å². The molecule has 62 valence electrons. The molecule has 0 amide bonds. The lowest BCUT2D eigenvalue weighted by Gasteiger charge is -1.98. The molecule has 4 nitrogen and oxygen atoms in total. The molecule has 0 spiro atoms. The molecule has 0 radical (unpaired) electrons. The van der Waals surface area contributed by atoms with Crippen LogP contribution in [0.25, 0.3) is 0 Å². The van der Waals surface area contributed by atoms with Crippen LogP contribution in [0.15, 0.2) is 12.3 Å². The summed E-state index contributed by atoms with van der Waals surface area (Å²) in [4.78, 5) is 20.7. The van der Waals surface area contributed by atoms with Crippen LogP contribution in [0, 0.1) is 0 Å². The molecule has 0 aromatic carbocycles. The number of ketones is 1. The zero-order valence-corrected chi connectivity index (χ0v) is 6.49. The highest BCUT2D eigenvalue weighted by Crippen LogP contribution is 1.86. The predicted octanol–water partition coefficient (Wildman–Crippen LogP) is 1.26. The number of hydrogen-bond donors (Lipinski definition) is 0. The van der Waals surface area contributed by atoms with Gasteiger partial charge in [0, 0.05) is 0 Å². The molecule has 0 saturated heterocycles. The van der Waals surface area contributed by atoms with E-state index in [1.807, 2.05) is 0 Å². The van der Waals surface area contributed by atoms with Crippen molar-refractivity contribution in [2.75, 3.05) is 6.61 Å². The number of hydrogen-bond acceptors (Lipinski definition) is 4. The first kappa shape index (κ1) is 9.68. The molecule has 0 heterocycles. The normalized spacial score (nSPS) is 9.64. The van der Waals surface area contributed by atoms with E-state index < -0.39 is 6.16 Å². The van der Waals surface area contributed by atoms with Crippen LogP contribution >= 0.6 is 0 Å². The third-order valence-corrected chi connectivity index (χ3v) is 0.694. The molecule has 0 N–H and O–H groups in total. The van der Waals surface area contributed by atoms with Crippen LogP contribution in [0.2, 0.25) is 0 Å². The Morgan fingerprint density at radius 1 is 1.45 bits per heavy atom. The van der Waals surface area contributed by atoms with E-state index in [4.69, 9.17) is 0 Å². The van der Waals surface area contributed by atoms with Gasteiger partial charge in [-0.15, -0.1) is 0 Å². The van der Waals surface area contributed by atoms with Gasteiger partial charge in [0.25, 0.3) is 0 Å². The van der Waals surface area contributed by atoms with E-state index >= 15 is 0 Å². The first-order valence-corrected chi connectivity index (χ1v) is 3.11. The van der Waals surface area contributed by atoms with Crippen LogP contribution in [0.5, 0.6) is 0 Å². The molecule has 11 heavy (non-hydrogen) atoms. The maximum atomic E-state index is 10.5. The number of Topliss-reactive ketones (excluding diaryl/α,β-unsaturated/α-hetero) is 1. The highest BCUT2D eigenvalue weighted by Gasteiger charge is 2.01. The first-order valence-electron chi connectivity index (χ1n) is 3.11. The minimum absolute atomic E-state index is 0.220. The summed E-state index contributed by atoms with van der Waals surface area (Å²) in [6.07, 6.45) is 1.86. The summed E-state index contributed by atoms with van der Waals surface area (Å²) in [5.74, 6) is -0.220. The van der Waals surface area contributed by atoms with Crippen molar-refractivity contribution in [1.82, 2.24) is 0 Å². The van der Waals surface area contributed by atoms with Gasteiger partial charge in [-0.1, -0.05) is 6.08 Å². The molecule has 0 aromatic rings. The lowest BCUT2D eigenvalue weighted by Crippen LogP contribution is -2.10. The van der Waals surface area contributed by atoms with Crippen molar-refractivity contribution in [2.24, 2.45) is 0 Å². The second kappa shape index (κ2) is 5.46. The fourth-order valence-electron chi connectivity index (χ4n) is 0.318. The number of carbonyl (C=O) groups is 2. The molecule has 0 atom stereocenters. The van der Waals surface area contributed by atoms with Gasteiger partial charge < -0.3 is 9.47 Å². The fraction of sp³-hybridized carbons (Fsp3) is 0.429. The third-order valence-electron chi connectivity index (χ3n) is 0.694. The Hall–Kier alpha value is -1.32. The van der Waals surface area contributed by atoms with Gasteiger partial charge in [0.15, 0.2) is 12.4 Å². The number of allylic oxidation sites excluding steroid dienone is 1. The van der Waals surface area contributed by atoms with Gasteiger partial charge in [-0.25, -0.2) is 4.79 Å². The maximum absolute atomic E-state index is 10.5. The predicted molar refractivity (Wildman–Crippen MR) is 37.9 cm³/mol. The van der Waals surface area contributed by atoms with Crippen LogP contribution in [-0.2, 0) is 14.3 Å². The smallest absolute Gasteiger partial charge is 0.426 e. The van der Waals surface area contributed by atoms with E-state index in [-0.39, 0.29) is 12.4 Å². The zero-order chi connectivity index (χ0) is 8.69. The molecular formula is C7H10O4. The molecular weight excluding hydrogens is 148 g/mol. The lowest BCUT2D eigenvalue weighted by molar-refractivity contribution is -0.120. The quantitative estimate of drug-likeness (QED) is 0.458. The van der Waals surface area contributed by atoms with Gasteiger partial charge >= 0.3 is 6.16 Å². The van der Waals surface area contributed by atoms with E-state index in [0.29, 0.717) is 0 Å². The van der Waals surface area contributed by atoms with Crippen molar-refractivity contribution in [3.8, 4) is 0 Å². The van der Waals surface area contributed by atoms with E-state index in [0.717, 1.165) is 0 Å². The minimum Gasteiger partial charge on any atom is -0.426 e. The second-order valence-electron chi connectivity index (χ2n) is 1.83. The molecule has 0 saturated carbocycles. The summed E-state index contributed by atoms with van der Waals surface area (Å²) in [6.45, 7) is 2.78. The Morgan fingerprint density at radius 3 is 2.55 bits per heavy atom. The van der Waals surface area contributed by atoms with Crippen molar-refractivity contribution in [1.29, 1.82) is 0 Å². The SMILES string of the molecule is CC=COC(=O)OCC(C)=O. The number of carbonyl (C=O) groups excluding carboxylic acids is 2. The van der Waals surface area contributed by atoms with Crippen LogP contribution in [-0.4, -0.2) is 18.5 Å². The van der Waals surface area contributed by atoms with Gasteiger partial charge in [0.1, 0.15) is 0 Å². The molecule has 0 aliphatic rings. The molecule has 4 heteroatoms. The largest absolute Gasteiger partial charge is 0.513 e. The Bertz CT molecular complexity index is 171. The maximum Gasteiger partial charge on any atom is 0.513 e. The zero-order valence-electron chi connectivity index (χ0n) is 6.49. The van der Waals surface area contributed by atoms with Gasteiger partial charge in [0.2, 0.25) is 0 Å².